The lowest BCUT2D eigenvalue weighted by Gasteiger charge is -2.28. The van der Waals surface area contributed by atoms with Crippen molar-refractivity contribution in [3.63, 3.8) is 0 Å². The monoisotopic (exact) mass is 300 g/mol. The van der Waals surface area contributed by atoms with E-state index in [-0.39, 0.29) is 13.0 Å². The molecule has 2 heterocycles. The van der Waals surface area contributed by atoms with Gasteiger partial charge in [0.15, 0.2) is 11.6 Å². The molecular formula is C15H24O6. The highest BCUT2D eigenvalue weighted by Gasteiger charge is 2.51. The van der Waals surface area contributed by atoms with Gasteiger partial charge in [0.25, 0.3) is 0 Å². The van der Waals surface area contributed by atoms with Gasteiger partial charge < -0.3 is 29.2 Å². The zero-order chi connectivity index (χ0) is 15.8. The first kappa shape index (κ1) is 16.7. The van der Waals surface area contributed by atoms with Gasteiger partial charge in [0, 0.05) is 6.42 Å². The van der Waals surface area contributed by atoms with Crippen molar-refractivity contribution in [2.75, 3.05) is 6.61 Å². The third-order valence-electron chi connectivity index (χ3n) is 3.62. The average molecular weight is 300 g/mol. The van der Waals surface area contributed by atoms with E-state index in [0.717, 1.165) is 0 Å². The maximum Gasteiger partial charge on any atom is 0.164 e. The number of hydrogen-bond donors (Lipinski definition) is 2. The molecule has 0 aliphatic carbocycles. The quantitative estimate of drug-likeness (QED) is 0.732. The highest BCUT2D eigenvalue weighted by Crippen LogP contribution is 2.35. The van der Waals surface area contributed by atoms with Crippen LogP contribution in [0.1, 0.15) is 34.1 Å². The predicted octanol–water partition coefficient (Wildman–Crippen LogP) is 0.403. The van der Waals surface area contributed by atoms with Crippen LogP contribution < -0.4 is 0 Å². The molecule has 2 fully saturated rings. The van der Waals surface area contributed by atoms with E-state index in [9.17, 15) is 10.2 Å². The van der Waals surface area contributed by atoms with Gasteiger partial charge in [-0.15, -0.1) is 12.3 Å². The number of hydrogen-bond acceptors (Lipinski definition) is 6. The van der Waals surface area contributed by atoms with Crippen molar-refractivity contribution >= 4 is 0 Å². The van der Waals surface area contributed by atoms with Crippen molar-refractivity contribution in [2.24, 2.45) is 0 Å². The minimum Gasteiger partial charge on any atom is -0.389 e. The molecule has 2 saturated heterocycles. The summed E-state index contributed by atoms with van der Waals surface area (Å²) in [5.41, 5.74) is 0. The van der Waals surface area contributed by atoms with Gasteiger partial charge in [-0.3, -0.25) is 0 Å². The summed E-state index contributed by atoms with van der Waals surface area (Å²) < 4.78 is 22.5. The van der Waals surface area contributed by atoms with Gasteiger partial charge in [0.05, 0.1) is 12.7 Å². The van der Waals surface area contributed by atoms with E-state index in [1.807, 2.05) is 0 Å². The molecule has 0 amide bonds. The van der Waals surface area contributed by atoms with Crippen LogP contribution in [0.4, 0.5) is 0 Å². The smallest absolute Gasteiger partial charge is 0.164 e. The van der Waals surface area contributed by atoms with Gasteiger partial charge >= 0.3 is 0 Å². The normalized spacial score (nSPS) is 37.1. The molecule has 2 N–H and O–H groups in total. The van der Waals surface area contributed by atoms with Crippen molar-refractivity contribution in [2.45, 2.75) is 76.2 Å². The molecule has 0 spiro atoms. The zero-order valence-corrected chi connectivity index (χ0v) is 12.9. The van der Waals surface area contributed by atoms with Gasteiger partial charge in [-0.25, -0.2) is 0 Å². The highest BCUT2D eigenvalue weighted by molar-refractivity contribution is 4.98. The Hall–Kier alpha value is -0.680. The minimum atomic E-state index is -0.981. The van der Waals surface area contributed by atoms with Crippen molar-refractivity contribution in [3.05, 3.63) is 0 Å². The lowest BCUT2D eigenvalue weighted by Crippen LogP contribution is -2.48. The van der Waals surface area contributed by atoms with E-state index in [4.69, 9.17) is 25.4 Å². The molecule has 1 unspecified atom stereocenters. The van der Waals surface area contributed by atoms with Crippen LogP contribution in [0.3, 0.4) is 0 Å². The number of aliphatic hydroxyl groups excluding tert-OH is 2. The minimum absolute atomic E-state index is 0.126. The molecule has 0 radical (unpaired) electrons. The standard InChI is InChI=1S/C15H24O6/c1-6-7-9(16)12-13(21-15(4,5)20-12)11(17)10-8-18-14(2,3)19-10/h1,9-13,16-17H,7-8H2,2-5H3/t9?,10-,11-,12-,13+/m1/s1. The van der Waals surface area contributed by atoms with E-state index in [2.05, 4.69) is 5.92 Å². The summed E-state index contributed by atoms with van der Waals surface area (Å²) in [6.45, 7) is 7.27. The number of ether oxygens (including phenoxy) is 4. The summed E-state index contributed by atoms with van der Waals surface area (Å²) in [5.74, 6) is 0.746. The van der Waals surface area contributed by atoms with E-state index in [1.165, 1.54) is 0 Å². The molecule has 5 atom stereocenters. The van der Waals surface area contributed by atoms with Gasteiger partial charge in [-0.2, -0.15) is 0 Å². The van der Waals surface area contributed by atoms with E-state index in [1.54, 1.807) is 27.7 Å². The molecule has 0 aromatic rings. The van der Waals surface area contributed by atoms with E-state index < -0.39 is 42.1 Å². The van der Waals surface area contributed by atoms with E-state index in [0.29, 0.717) is 0 Å². The van der Waals surface area contributed by atoms with Crippen LogP contribution in [0.25, 0.3) is 0 Å². The molecule has 0 bridgehead atoms. The molecule has 2 rings (SSSR count). The fourth-order valence-corrected chi connectivity index (χ4v) is 2.71. The molecule has 0 aromatic heterocycles. The number of rotatable bonds is 4. The molecule has 21 heavy (non-hydrogen) atoms. The summed E-state index contributed by atoms with van der Waals surface area (Å²) in [7, 11) is 0. The summed E-state index contributed by atoms with van der Waals surface area (Å²) in [4.78, 5) is 0. The van der Waals surface area contributed by atoms with Crippen LogP contribution in [0.15, 0.2) is 0 Å². The summed E-state index contributed by atoms with van der Waals surface area (Å²) in [6.07, 6.45) is 1.49. The predicted molar refractivity (Wildman–Crippen MR) is 74.2 cm³/mol. The van der Waals surface area contributed by atoms with Crippen LogP contribution in [0, 0.1) is 12.3 Å². The number of aliphatic hydroxyl groups is 2. The molecule has 2 aliphatic heterocycles. The molecule has 2 aliphatic rings. The van der Waals surface area contributed by atoms with Gasteiger partial charge in [-0.05, 0) is 27.7 Å². The summed E-state index contributed by atoms with van der Waals surface area (Å²) in [6, 6.07) is 0. The van der Waals surface area contributed by atoms with Crippen LogP contribution in [0.2, 0.25) is 0 Å². The second-order valence-corrected chi connectivity index (χ2v) is 6.40. The Bertz CT molecular complexity index is 413. The average Bonchev–Trinajstić information content (AvgIpc) is 2.88. The molecular weight excluding hydrogens is 276 g/mol. The second kappa shape index (κ2) is 5.84. The maximum atomic E-state index is 10.5. The molecule has 6 nitrogen and oxygen atoms in total. The largest absolute Gasteiger partial charge is 0.389 e. The Morgan fingerprint density at radius 3 is 2.24 bits per heavy atom. The molecule has 120 valence electrons. The van der Waals surface area contributed by atoms with Crippen LogP contribution in [0.5, 0.6) is 0 Å². The third-order valence-corrected chi connectivity index (χ3v) is 3.62. The molecule has 0 aromatic carbocycles. The SMILES string of the molecule is C#CCC(O)[C@H]1OC(C)(C)O[C@H]1[C@H](O)[C@H]1COC(C)(C)O1. The Morgan fingerprint density at radius 2 is 1.71 bits per heavy atom. The Labute approximate surface area is 125 Å². The summed E-state index contributed by atoms with van der Waals surface area (Å²) >= 11 is 0. The van der Waals surface area contributed by atoms with Gasteiger partial charge in [-0.1, -0.05) is 0 Å². The van der Waals surface area contributed by atoms with Crippen LogP contribution >= 0.6 is 0 Å². The number of terminal acetylenes is 1. The first-order chi connectivity index (χ1) is 9.65. The van der Waals surface area contributed by atoms with Crippen molar-refractivity contribution in [1.82, 2.24) is 0 Å². The zero-order valence-electron chi connectivity index (χ0n) is 12.9. The van der Waals surface area contributed by atoms with Crippen LogP contribution in [-0.4, -0.2) is 58.9 Å². The topological polar surface area (TPSA) is 77.4 Å². The summed E-state index contributed by atoms with van der Waals surface area (Å²) in [5, 5.41) is 20.6. The Kier molecular flexibility index (Phi) is 4.64. The van der Waals surface area contributed by atoms with Crippen LogP contribution in [-0.2, 0) is 18.9 Å². The van der Waals surface area contributed by atoms with E-state index >= 15 is 0 Å². The van der Waals surface area contributed by atoms with Gasteiger partial charge in [0.1, 0.15) is 24.4 Å². The highest BCUT2D eigenvalue weighted by atomic mass is 16.8. The molecule has 6 heteroatoms. The lowest BCUT2D eigenvalue weighted by molar-refractivity contribution is -0.179. The first-order valence-electron chi connectivity index (χ1n) is 7.12. The van der Waals surface area contributed by atoms with Gasteiger partial charge in [0.2, 0.25) is 0 Å². The first-order valence-corrected chi connectivity index (χ1v) is 7.12. The Balaban J connectivity index is 2.10. The fourth-order valence-electron chi connectivity index (χ4n) is 2.71. The molecule has 0 saturated carbocycles. The fraction of sp³-hybridized carbons (Fsp3) is 0.867. The maximum absolute atomic E-state index is 10.5. The Morgan fingerprint density at radius 1 is 1.10 bits per heavy atom. The van der Waals surface area contributed by atoms with Crippen molar-refractivity contribution < 1.29 is 29.2 Å². The lowest BCUT2D eigenvalue weighted by atomic mass is 9.98. The van der Waals surface area contributed by atoms with Crippen molar-refractivity contribution in [1.29, 1.82) is 0 Å². The van der Waals surface area contributed by atoms with Crippen molar-refractivity contribution in [3.8, 4) is 12.3 Å². The third kappa shape index (κ3) is 3.75. The second-order valence-electron chi connectivity index (χ2n) is 6.40.